The largest absolute Gasteiger partial charge is 0.474 e. The number of anilines is 2. The molecule has 0 amide bonds. The second-order valence-electron chi connectivity index (χ2n) is 10.9. The van der Waals surface area contributed by atoms with E-state index in [-0.39, 0.29) is 18.0 Å². The molecule has 7 nitrogen and oxygen atoms in total. The first-order chi connectivity index (χ1) is 16.8. The van der Waals surface area contributed by atoms with Gasteiger partial charge in [-0.1, -0.05) is 20.3 Å². The van der Waals surface area contributed by atoms with Gasteiger partial charge in [0.1, 0.15) is 23.3 Å². The molecule has 2 aliphatic carbocycles. The van der Waals surface area contributed by atoms with Gasteiger partial charge in [0.15, 0.2) is 0 Å². The number of cyclic esters (lactones) is 1. The van der Waals surface area contributed by atoms with E-state index in [1.165, 1.54) is 24.8 Å². The van der Waals surface area contributed by atoms with Crippen LogP contribution in [0.3, 0.4) is 0 Å². The van der Waals surface area contributed by atoms with Crippen molar-refractivity contribution >= 4 is 28.4 Å². The Morgan fingerprint density at radius 3 is 2.60 bits per heavy atom. The molecule has 0 spiro atoms. The van der Waals surface area contributed by atoms with Gasteiger partial charge in [0.2, 0.25) is 5.88 Å². The molecule has 0 radical (unpaired) electrons. The molecule has 0 bridgehead atoms. The first-order valence-corrected chi connectivity index (χ1v) is 12.8. The van der Waals surface area contributed by atoms with Crippen molar-refractivity contribution in [3.8, 4) is 5.88 Å². The van der Waals surface area contributed by atoms with Gasteiger partial charge in [-0.2, -0.15) is 0 Å². The number of pyridine rings is 3. The van der Waals surface area contributed by atoms with E-state index < -0.39 is 5.60 Å². The Bertz CT molecular complexity index is 1310. The summed E-state index contributed by atoms with van der Waals surface area (Å²) in [6.45, 7) is 8.19. The molecule has 2 fully saturated rings. The minimum atomic E-state index is -0.603. The Morgan fingerprint density at radius 1 is 1.09 bits per heavy atom. The van der Waals surface area contributed by atoms with Crippen molar-refractivity contribution in [1.82, 2.24) is 15.0 Å². The fourth-order valence-electron chi connectivity index (χ4n) is 5.08. The predicted molar refractivity (Wildman–Crippen MR) is 134 cm³/mol. The van der Waals surface area contributed by atoms with E-state index in [2.05, 4.69) is 23.3 Å². The second kappa shape index (κ2) is 8.18. The number of hydrogen-bond donors (Lipinski definition) is 1. The Kier molecular flexibility index (Phi) is 5.20. The van der Waals surface area contributed by atoms with Crippen LogP contribution in [0.15, 0.2) is 30.6 Å². The Labute approximate surface area is 205 Å². The SMILES string of the molecule is CC(c1cnc(OC2CC2)c2cnc(Nc3ccc4c(n3)C(C)C(C)(C)OC4=O)cc12)C1CCC1. The van der Waals surface area contributed by atoms with Crippen molar-refractivity contribution in [3.05, 3.63) is 47.4 Å². The van der Waals surface area contributed by atoms with Crippen LogP contribution in [-0.4, -0.2) is 32.6 Å². The molecule has 2 saturated carbocycles. The average molecular weight is 473 g/mol. The van der Waals surface area contributed by atoms with Crippen LogP contribution >= 0.6 is 0 Å². The predicted octanol–water partition coefficient (Wildman–Crippen LogP) is 6.27. The Balaban J connectivity index is 1.37. The summed E-state index contributed by atoms with van der Waals surface area (Å²) < 4.78 is 11.7. The topological polar surface area (TPSA) is 86.2 Å². The monoisotopic (exact) mass is 472 g/mol. The highest BCUT2D eigenvalue weighted by Crippen LogP contribution is 2.43. The van der Waals surface area contributed by atoms with Crippen LogP contribution in [0.1, 0.15) is 93.3 Å². The highest BCUT2D eigenvalue weighted by atomic mass is 16.6. The fourth-order valence-corrected chi connectivity index (χ4v) is 5.08. The second-order valence-corrected chi connectivity index (χ2v) is 10.9. The summed E-state index contributed by atoms with van der Waals surface area (Å²) in [5, 5.41) is 5.46. The Hall–Kier alpha value is -3.22. The molecule has 4 heterocycles. The number of nitrogens with one attached hydrogen (secondary N) is 1. The number of hydrogen-bond acceptors (Lipinski definition) is 7. The summed E-state index contributed by atoms with van der Waals surface area (Å²) in [4.78, 5) is 26.6. The number of nitrogens with zero attached hydrogens (tertiary/aromatic N) is 3. The molecule has 3 aliphatic rings. The zero-order chi connectivity index (χ0) is 24.3. The van der Waals surface area contributed by atoms with Crippen LogP contribution < -0.4 is 10.1 Å². The van der Waals surface area contributed by atoms with Crippen molar-refractivity contribution in [2.24, 2.45) is 5.92 Å². The summed E-state index contributed by atoms with van der Waals surface area (Å²) in [6, 6.07) is 5.68. The van der Waals surface area contributed by atoms with Gasteiger partial charge >= 0.3 is 5.97 Å². The molecule has 182 valence electrons. The van der Waals surface area contributed by atoms with E-state index in [4.69, 9.17) is 19.4 Å². The minimum Gasteiger partial charge on any atom is -0.474 e. The van der Waals surface area contributed by atoms with E-state index in [9.17, 15) is 4.79 Å². The van der Waals surface area contributed by atoms with Crippen molar-refractivity contribution in [1.29, 1.82) is 0 Å². The third kappa shape index (κ3) is 4.01. The maximum Gasteiger partial charge on any atom is 0.340 e. The lowest BCUT2D eigenvalue weighted by Gasteiger charge is -2.36. The van der Waals surface area contributed by atoms with Gasteiger partial charge < -0.3 is 14.8 Å². The summed E-state index contributed by atoms with van der Waals surface area (Å²) in [5.74, 6) is 2.83. The van der Waals surface area contributed by atoms with Gasteiger partial charge in [-0.15, -0.1) is 0 Å². The maximum absolute atomic E-state index is 12.4. The molecule has 1 aliphatic heterocycles. The molecule has 0 aromatic carbocycles. The number of ether oxygens (including phenoxy) is 2. The third-order valence-corrected chi connectivity index (χ3v) is 8.13. The molecule has 2 unspecified atom stereocenters. The van der Waals surface area contributed by atoms with Crippen LogP contribution in [0.2, 0.25) is 0 Å². The molecule has 2 atom stereocenters. The highest BCUT2D eigenvalue weighted by molar-refractivity contribution is 5.93. The smallest absolute Gasteiger partial charge is 0.340 e. The van der Waals surface area contributed by atoms with E-state index in [1.54, 1.807) is 6.07 Å². The van der Waals surface area contributed by atoms with Gasteiger partial charge in [-0.25, -0.2) is 19.7 Å². The number of aromatic nitrogens is 3. The quantitative estimate of drug-likeness (QED) is 0.423. The van der Waals surface area contributed by atoms with Crippen molar-refractivity contribution in [2.45, 2.75) is 83.3 Å². The zero-order valence-corrected chi connectivity index (χ0v) is 20.8. The average Bonchev–Trinajstić information content (AvgIpc) is 3.60. The number of carbonyl (C=O) groups is 1. The van der Waals surface area contributed by atoms with E-state index in [0.717, 1.165) is 29.3 Å². The van der Waals surface area contributed by atoms with Gasteiger partial charge in [0, 0.05) is 18.3 Å². The lowest BCUT2D eigenvalue weighted by molar-refractivity contribution is -0.0189. The van der Waals surface area contributed by atoms with E-state index >= 15 is 0 Å². The summed E-state index contributed by atoms with van der Waals surface area (Å²) in [7, 11) is 0. The van der Waals surface area contributed by atoms with Crippen molar-refractivity contribution in [2.75, 3.05) is 5.32 Å². The summed E-state index contributed by atoms with van der Waals surface area (Å²) in [5.41, 5.74) is 1.92. The van der Waals surface area contributed by atoms with E-state index in [0.29, 0.717) is 34.9 Å². The maximum atomic E-state index is 12.4. The van der Waals surface area contributed by atoms with Crippen LogP contribution in [0.25, 0.3) is 10.8 Å². The normalized spacial score (nSPS) is 22.2. The van der Waals surface area contributed by atoms with Crippen molar-refractivity contribution < 1.29 is 14.3 Å². The number of rotatable bonds is 6. The van der Waals surface area contributed by atoms with Crippen LogP contribution in [-0.2, 0) is 4.74 Å². The summed E-state index contributed by atoms with van der Waals surface area (Å²) >= 11 is 0. The molecule has 3 aromatic heterocycles. The standard InChI is InChI=1S/C28H32N4O3/c1-15(17-6-5-7-17)21-13-30-26(34-18-8-9-18)22-14-29-24(12-20(21)22)31-23-11-10-19-25(32-23)16(2)28(3,4)35-27(19)33/h10-18H,5-9H2,1-4H3,(H,29,31,32). The molecule has 35 heavy (non-hydrogen) atoms. The first-order valence-electron chi connectivity index (χ1n) is 12.8. The molecular formula is C28H32N4O3. The summed E-state index contributed by atoms with van der Waals surface area (Å²) in [6.07, 6.45) is 10.2. The van der Waals surface area contributed by atoms with E-state index in [1.807, 2.05) is 39.2 Å². The Morgan fingerprint density at radius 2 is 1.89 bits per heavy atom. The van der Waals surface area contributed by atoms with Gasteiger partial charge in [-0.05, 0) is 80.5 Å². The van der Waals surface area contributed by atoms with Gasteiger partial charge in [0.25, 0.3) is 0 Å². The van der Waals surface area contributed by atoms with Gasteiger partial charge in [-0.3, -0.25) is 0 Å². The molecule has 7 heteroatoms. The van der Waals surface area contributed by atoms with Crippen molar-refractivity contribution in [3.63, 3.8) is 0 Å². The molecule has 6 rings (SSSR count). The minimum absolute atomic E-state index is 0.0235. The molecule has 0 saturated heterocycles. The van der Waals surface area contributed by atoms with Crippen LogP contribution in [0.5, 0.6) is 5.88 Å². The lowest BCUT2D eigenvalue weighted by Crippen LogP contribution is -2.39. The fraction of sp³-hybridized carbons (Fsp3) is 0.500. The van der Waals surface area contributed by atoms with Crippen LogP contribution in [0.4, 0.5) is 11.6 Å². The zero-order valence-electron chi connectivity index (χ0n) is 20.8. The van der Waals surface area contributed by atoms with Crippen LogP contribution in [0, 0.1) is 5.92 Å². The number of esters is 1. The molecule has 3 aromatic rings. The van der Waals surface area contributed by atoms with Gasteiger partial charge in [0.05, 0.1) is 16.6 Å². The number of fused-ring (bicyclic) bond motifs is 2. The lowest BCUT2D eigenvalue weighted by atomic mass is 9.73. The molecular weight excluding hydrogens is 440 g/mol. The first kappa shape index (κ1) is 22.3. The highest BCUT2D eigenvalue weighted by Gasteiger charge is 2.40. The number of carbonyl (C=O) groups excluding carboxylic acids is 1. The molecule has 1 N–H and O–H groups in total. The third-order valence-electron chi connectivity index (χ3n) is 8.13.